The van der Waals surface area contributed by atoms with Crippen LogP contribution in [0, 0.1) is 10.1 Å². The van der Waals surface area contributed by atoms with Crippen molar-refractivity contribution in [2.75, 3.05) is 6.61 Å². The van der Waals surface area contributed by atoms with E-state index in [1.165, 1.54) is 46.6 Å². The maximum atomic E-state index is 11.4. The zero-order valence-corrected chi connectivity index (χ0v) is 14.7. The normalized spacial score (nSPS) is 10.9. The molecule has 2 aromatic heterocycles. The molecule has 0 aliphatic carbocycles. The third-order valence-electron chi connectivity index (χ3n) is 2.79. The summed E-state index contributed by atoms with van der Waals surface area (Å²) in [6.07, 6.45) is 0.0953. The molecule has 0 fully saturated rings. The number of non-ortho nitro benzene ring substituents is 1. The van der Waals surface area contributed by atoms with Gasteiger partial charge in [0.2, 0.25) is 0 Å². The zero-order chi connectivity index (χ0) is 17.1. The van der Waals surface area contributed by atoms with Crippen molar-refractivity contribution in [3.8, 4) is 0 Å². The van der Waals surface area contributed by atoms with E-state index in [1.54, 1.807) is 13.0 Å². The van der Waals surface area contributed by atoms with Gasteiger partial charge >= 0.3 is 5.97 Å². The molecule has 3 rings (SSSR count). The minimum Gasteiger partial charge on any atom is -0.466 e. The van der Waals surface area contributed by atoms with E-state index in [-0.39, 0.29) is 18.1 Å². The maximum Gasteiger partial charge on any atom is 0.312 e. The predicted octanol–water partition coefficient (Wildman–Crippen LogP) is 3.31. The first kappa shape index (κ1) is 16.7. The van der Waals surface area contributed by atoms with Crippen LogP contribution in [-0.2, 0) is 16.0 Å². The van der Waals surface area contributed by atoms with Gasteiger partial charge in [-0.15, -0.1) is 21.5 Å². The first-order chi connectivity index (χ1) is 11.5. The van der Waals surface area contributed by atoms with Gasteiger partial charge in [-0.3, -0.25) is 14.9 Å². The first-order valence-electron chi connectivity index (χ1n) is 6.76. The monoisotopic (exact) mass is 382 g/mol. The smallest absolute Gasteiger partial charge is 0.312 e. The number of carbonyl (C=O) groups excluding carboxylic acids is 1. The minimum absolute atomic E-state index is 0.0374. The second-order valence-electron chi connectivity index (χ2n) is 4.43. The predicted molar refractivity (Wildman–Crippen MR) is 90.6 cm³/mol. The van der Waals surface area contributed by atoms with E-state index in [1.807, 2.05) is 0 Å². The van der Waals surface area contributed by atoms with Crippen LogP contribution in [0.25, 0.3) is 10.2 Å². The molecule has 0 aliphatic rings. The molecule has 24 heavy (non-hydrogen) atoms. The van der Waals surface area contributed by atoms with Gasteiger partial charge in [-0.1, -0.05) is 11.3 Å². The molecule has 124 valence electrons. The Bertz CT molecular complexity index is 908. The number of carbonyl (C=O) groups is 1. The summed E-state index contributed by atoms with van der Waals surface area (Å²) in [4.78, 5) is 26.2. The molecular formula is C13H10N4O4S3. The Hall–Kier alpha value is -2.11. The van der Waals surface area contributed by atoms with Crippen LogP contribution >= 0.6 is 34.4 Å². The van der Waals surface area contributed by atoms with Gasteiger partial charge in [-0.2, -0.15) is 0 Å². The van der Waals surface area contributed by atoms with Gasteiger partial charge in [-0.25, -0.2) is 4.98 Å². The molecule has 0 spiro atoms. The fourth-order valence-electron chi connectivity index (χ4n) is 1.81. The Labute approximate surface area is 148 Å². The lowest BCUT2D eigenvalue weighted by molar-refractivity contribution is -0.384. The molecule has 0 amide bonds. The highest BCUT2D eigenvalue weighted by molar-refractivity contribution is 8.02. The number of nitro benzene ring substituents is 1. The minimum atomic E-state index is -0.432. The van der Waals surface area contributed by atoms with Crippen molar-refractivity contribution in [3.05, 3.63) is 33.3 Å². The quantitative estimate of drug-likeness (QED) is 0.363. The standard InChI is InChI=1S/C13H10N4O4S3/c1-2-21-11(18)6-10-15-16-13(23-10)24-12-14-8-4-3-7(17(19)20)5-9(8)22-12/h3-5H,2,6H2,1H3. The number of esters is 1. The van der Waals surface area contributed by atoms with Crippen molar-refractivity contribution in [1.29, 1.82) is 0 Å². The second-order valence-corrected chi connectivity index (χ2v) is 8.02. The molecule has 0 saturated carbocycles. The summed E-state index contributed by atoms with van der Waals surface area (Å²) in [7, 11) is 0. The molecule has 0 atom stereocenters. The van der Waals surface area contributed by atoms with Crippen molar-refractivity contribution in [2.24, 2.45) is 0 Å². The van der Waals surface area contributed by atoms with Gasteiger partial charge in [0.15, 0.2) is 8.68 Å². The number of nitro groups is 1. The summed E-state index contributed by atoms with van der Waals surface area (Å²) in [5, 5.41) is 19.4. The van der Waals surface area contributed by atoms with Crippen LogP contribution in [0.15, 0.2) is 26.9 Å². The van der Waals surface area contributed by atoms with Crippen molar-refractivity contribution >= 4 is 56.3 Å². The van der Waals surface area contributed by atoms with Crippen LogP contribution in [0.1, 0.15) is 11.9 Å². The Morgan fingerprint density at radius 3 is 2.92 bits per heavy atom. The summed E-state index contributed by atoms with van der Waals surface area (Å²) >= 11 is 3.97. The molecule has 11 heteroatoms. The number of hydrogen-bond donors (Lipinski definition) is 0. The second kappa shape index (κ2) is 7.20. The third kappa shape index (κ3) is 3.86. The molecule has 0 radical (unpaired) electrons. The number of rotatable bonds is 6. The van der Waals surface area contributed by atoms with E-state index in [0.29, 0.717) is 25.8 Å². The Morgan fingerprint density at radius 1 is 1.33 bits per heavy atom. The average molecular weight is 382 g/mol. The third-order valence-corrected chi connectivity index (χ3v) is 5.84. The van der Waals surface area contributed by atoms with Crippen LogP contribution in [-0.4, -0.2) is 32.7 Å². The van der Waals surface area contributed by atoms with E-state index in [4.69, 9.17) is 4.74 Å². The number of aromatic nitrogens is 3. The van der Waals surface area contributed by atoms with Crippen LogP contribution in [0.3, 0.4) is 0 Å². The highest BCUT2D eigenvalue weighted by Gasteiger charge is 2.14. The summed E-state index contributed by atoms with van der Waals surface area (Å²) in [5.74, 6) is -0.336. The van der Waals surface area contributed by atoms with E-state index in [0.717, 1.165) is 4.70 Å². The zero-order valence-electron chi connectivity index (χ0n) is 12.3. The summed E-state index contributed by atoms with van der Waals surface area (Å²) in [5.41, 5.74) is 0.736. The van der Waals surface area contributed by atoms with Crippen LogP contribution in [0.5, 0.6) is 0 Å². The SMILES string of the molecule is CCOC(=O)Cc1nnc(Sc2nc3ccc([N+](=O)[O-])cc3s2)s1. The van der Waals surface area contributed by atoms with Gasteiger partial charge in [0.25, 0.3) is 5.69 Å². The van der Waals surface area contributed by atoms with E-state index < -0.39 is 4.92 Å². The molecule has 1 aromatic carbocycles. The number of hydrogen-bond acceptors (Lipinski definition) is 10. The lowest BCUT2D eigenvalue weighted by Gasteiger charge is -1.96. The highest BCUT2D eigenvalue weighted by Crippen LogP contribution is 2.36. The summed E-state index contributed by atoms with van der Waals surface area (Å²) < 4.78 is 6.98. The van der Waals surface area contributed by atoms with Gasteiger partial charge in [0, 0.05) is 12.1 Å². The number of thiazole rings is 1. The molecule has 0 aliphatic heterocycles. The Balaban J connectivity index is 1.74. The lowest BCUT2D eigenvalue weighted by Crippen LogP contribution is -2.07. The molecule has 0 saturated heterocycles. The first-order valence-corrected chi connectivity index (χ1v) is 9.21. The van der Waals surface area contributed by atoms with Crippen LogP contribution in [0.2, 0.25) is 0 Å². The lowest BCUT2D eigenvalue weighted by atomic mass is 10.3. The van der Waals surface area contributed by atoms with Gasteiger partial charge in [0.1, 0.15) is 5.01 Å². The van der Waals surface area contributed by atoms with Gasteiger partial charge < -0.3 is 4.74 Å². The molecular weight excluding hydrogens is 372 g/mol. The van der Waals surface area contributed by atoms with Crippen molar-refractivity contribution < 1.29 is 14.5 Å². The van der Waals surface area contributed by atoms with Crippen molar-refractivity contribution in [2.45, 2.75) is 22.0 Å². The van der Waals surface area contributed by atoms with E-state index in [9.17, 15) is 14.9 Å². The van der Waals surface area contributed by atoms with Gasteiger partial charge in [-0.05, 0) is 24.8 Å². The van der Waals surface area contributed by atoms with Crippen molar-refractivity contribution in [3.63, 3.8) is 0 Å². The maximum absolute atomic E-state index is 11.4. The number of nitrogens with zero attached hydrogens (tertiary/aromatic N) is 4. The molecule has 0 unspecified atom stereocenters. The highest BCUT2D eigenvalue weighted by atomic mass is 32.2. The Morgan fingerprint density at radius 2 is 2.17 bits per heavy atom. The van der Waals surface area contributed by atoms with E-state index in [2.05, 4.69) is 15.2 Å². The molecule has 0 bridgehead atoms. The molecule has 0 N–H and O–H groups in total. The summed E-state index contributed by atoms with van der Waals surface area (Å²) in [6.45, 7) is 2.08. The largest absolute Gasteiger partial charge is 0.466 e. The average Bonchev–Trinajstić information content (AvgIpc) is 3.13. The number of ether oxygens (including phenoxy) is 1. The fraction of sp³-hybridized carbons (Fsp3) is 0.231. The van der Waals surface area contributed by atoms with E-state index >= 15 is 0 Å². The molecule has 3 aromatic rings. The van der Waals surface area contributed by atoms with Gasteiger partial charge in [0.05, 0.1) is 28.2 Å². The molecule has 2 heterocycles. The number of fused-ring (bicyclic) bond motifs is 1. The molecule has 8 nitrogen and oxygen atoms in total. The summed E-state index contributed by atoms with van der Waals surface area (Å²) in [6, 6.07) is 4.56. The number of benzene rings is 1. The Kier molecular flexibility index (Phi) is 5.02. The fourth-order valence-corrected chi connectivity index (χ4v) is 4.99. The van der Waals surface area contributed by atoms with Crippen molar-refractivity contribution in [1.82, 2.24) is 15.2 Å². The topological polar surface area (TPSA) is 108 Å². The van der Waals surface area contributed by atoms with Crippen LogP contribution < -0.4 is 0 Å². The van der Waals surface area contributed by atoms with Crippen LogP contribution in [0.4, 0.5) is 5.69 Å².